The van der Waals surface area contributed by atoms with Crippen molar-refractivity contribution >= 4 is 53.1 Å². The minimum Gasteiger partial charge on any atom is -0.256 e. The molecule has 0 spiro atoms. The summed E-state index contributed by atoms with van der Waals surface area (Å²) in [5.74, 6) is 0. The molecule has 0 aliphatic heterocycles. The molecule has 0 saturated carbocycles. The van der Waals surface area contributed by atoms with Crippen LogP contribution in [-0.2, 0) is 0 Å². The second-order valence-corrected chi connectivity index (χ2v) is 15.1. The molecule has 0 aliphatic rings. The van der Waals surface area contributed by atoms with E-state index in [0.29, 0.717) is 0 Å². The van der Waals surface area contributed by atoms with Gasteiger partial charge in [-0.15, -0.1) is 22.7 Å². The number of hydrogen-bond donors (Lipinski definition) is 0. The molecule has 244 valence electrons. The molecular formula is C48H30N2S2. The second-order valence-electron chi connectivity index (χ2n) is 13.0. The predicted octanol–water partition coefficient (Wildman–Crippen LogP) is 14.1. The smallest absolute Gasteiger partial charge is 0.126 e. The average molecular weight is 699 g/mol. The Bertz CT molecular complexity index is 2890. The van der Waals surface area contributed by atoms with Gasteiger partial charge in [-0.3, -0.25) is 4.98 Å². The van der Waals surface area contributed by atoms with Crippen molar-refractivity contribution in [2.75, 3.05) is 0 Å². The summed E-state index contributed by atoms with van der Waals surface area (Å²) in [5, 5.41) is 3.54. The van der Waals surface area contributed by atoms with E-state index in [2.05, 4.69) is 176 Å². The fraction of sp³-hybridized carbons (Fsp3) is 0. The number of rotatable bonds is 6. The van der Waals surface area contributed by atoms with Crippen LogP contribution < -0.4 is 0 Å². The van der Waals surface area contributed by atoms with Gasteiger partial charge in [-0.1, -0.05) is 121 Å². The first-order chi connectivity index (χ1) is 25.7. The quantitative estimate of drug-likeness (QED) is 0.173. The lowest BCUT2D eigenvalue weighted by Gasteiger charge is -2.11. The Morgan fingerprint density at radius 3 is 1.69 bits per heavy atom. The van der Waals surface area contributed by atoms with Gasteiger partial charge in [0, 0.05) is 43.1 Å². The fourth-order valence-corrected chi connectivity index (χ4v) is 9.23. The van der Waals surface area contributed by atoms with Crippen LogP contribution in [0.4, 0.5) is 0 Å². The van der Waals surface area contributed by atoms with Gasteiger partial charge in [0.25, 0.3) is 0 Å². The maximum Gasteiger partial charge on any atom is 0.126 e. The Labute approximate surface area is 310 Å². The first kappa shape index (κ1) is 30.6. The minimum absolute atomic E-state index is 0.959. The lowest BCUT2D eigenvalue weighted by Crippen LogP contribution is -1.87. The molecule has 2 nitrogen and oxygen atoms in total. The van der Waals surface area contributed by atoms with Gasteiger partial charge in [-0.05, 0) is 93.5 Å². The Hall–Kier alpha value is -6.20. The third-order valence-corrected chi connectivity index (χ3v) is 12.0. The molecule has 0 unspecified atom stereocenters. The predicted molar refractivity (Wildman–Crippen MR) is 223 cm³/mol. The van der Waals surface area contributed by atoms with Crippen LogP contribution in [-0.4, -0.2) is 9.97 Å². The largest absolute Gasteiger partial charge is 0.256 e. The Balaban J connectivity index is 1.08. The Morgan fingerprint density at radius 2 is 0.962 bits per heavy atom. The normalized spacial score (nSPS) is 11.5. The molecule has 0 saturated heterocycles. The number of pyridine rings is 1. The summed E-state index contributed by atoms with van der Waals surface area (Å²) in [6, 6.07) is 63.0. The number of hydrogen-bond acceptors (Lipinski definition) is 4. The maximum absolute atomic E-state index is 5.31. The van der Waals surface area contributed by atoms with Gasteiger partial charge in [0.2, 0.25) is 0 Å². The highest BCUT2D eigenvalue weighted by Crippen LogP contribution is 2.41. The zero-order valence-electron chi connectivity index (χ0n) is 28.0. The molecule has 4 heteroatoms. The average Bonchev–Trinajstić information content (AvgIpc) is 3.83. The van der Waals surface area contributed by atoms with E-state index in [-0.39, 0.29) is 0 Å². The number of nitrogens with zero attached hydrogens (tertiary/aromatic N) is 2. The molecule has 0 radical (unpaired) electrons. The van der Waals surface area contributed by atoms with Crippen molar-refractivity contribution in [3.63, 3.8) is 0 Å². The van der Waals surface area contributed by atoms with E-state index < -0.39 is 0 Å². The highest BCUT2D eigenvalue weighted by atomic mass is 32.1. The van der Waals surface area contributed by atoms with Crippen LogP contribution in [0.25, 0.3) is 96.7 Å². The van der Waals surface area contributed by atoms with Crippen molar-refractivity contribution in [2.45, 2.75) is 0 Å². The molecule has 52 heavy (non-hydrogen) atoms. The van der Waals surface area contributed by atoms with Crippen LogP contribution >= 0.6 is 22.7 Å². The number of thiazole rings is 1. The zero-order chi connectivity index (χ0) is 34.4. The molecule has 0 aliphatic carbocycles. The molecule has 0 fully saturated rings. The first-order valence-electron chi connectivity index (χ1n) is 17.4. The van der Waals surface area contributed by atoms with Crippen molar-refractivity contribution < 1.29 is 0 Å². The summed E-state index contributed by atoms with van der Waals surface area (Å²) in [4.78, 5) is 10.3. The monoisotopic (exact) mass is 698 g/mol. The maximum atomic E-state index is 5.31. The summed E-state index contributed by atoms with van der Waals surface area (Å²) < 4.78 is 3.76. The molecule has 7 aromatic carbocycles. The van der Waals surface area contributed by atoms with Gasteiger partial charge in [-0.25, -0.2) is 4.98 Å². The number of aromatic nitrogens is 2. The van der Waals surface area contributed by atoms with Crippen molar-refractivity contribution in [2.24, 2.45) is 0 Å². The second kappa shape index (κ2) is 12.8. The molecule has 0 bridgehead atoms. The topological polar surface area (TPSA) is 25.8 Å². The van der Waals surface area contributed by atoms with E-state index in [9.17, 15) is 0 Å². The zero-order valence-corrected chi connectivity index (χ0v) is 29.7. The molecule has 0 amide bonds. The van der Waals surface area contributed by atoms with Gasteiger partial charge < -0.3 is 0 Å². The van der Waals surface area contributed by atoms with Gasteiger partial charge in [0.1, 0.15) is 5.01 Å². The molecule has 0 atom stereocenters. The molecule has 3 heterocycles. The van der Waals surface area contributed by atoms with Crippen molar-refractivity contribution in [3.05, 3.63) is 182 Å². The third kappa shape index (κ3) is 5.59. The lowest BCUT2D eigenvalue weighted by molar-refractivity contribution is 1.32. The SMILES string of the molecule is c1ccc(-c2cccc(-c3cc(-c4cccc(-c5ccccc5)c4)c4nc(-c5ccc(-c6ccc7sc8ccccc8c7c6)nc5)sc4c3)c2)cc1. The van der Waals surface area contributed by atoms with E-state index in [1.807, 2.05) is 17.5 Å². The summed E-state index contributed by atoms with van der Waals surface area (Å²) in [7, 11) is 0. The summed E-state index contributed by atoms with van der Waals surface area (Å²) in [5.41, 5.74) is 13.5. The van der Waals surface area contributed by atoms with Crippen LogP contribution in [0.5, 0.6) is 0 Å². The minimum atomic E-state index is 0.959. The van der Waals surface area contributed by atoms with E-state index in [1.165, 1.54) is 53.6 Å². The fourth-order valence-electron chi connectivity index (χ4n) is 7.12. The van der Waals surface area contributed by atoms with E-state index in [1.54, 1.807) is 11.3 Å². The van der Waals surface area contributed by atoms with Crippen LogP contribution in [0, 0.1) is 0 Å². The molecule has 10 rings (SSSR count). The van der Waals surface area contributed by atoms with Crippen LogP contribution in [0.3, 0.4) is 0 Å². The van der Waals surface area contributed by atoms with E-state index in [0.717, 1.165) is 43.2 Å². The highest BCUT2D eigenvalue weighted by molar-refractivity contribution is 7.25. The first-order valence-corrected chi connectivity index (χ1v) is 19.0. The van der Waals surface area contributed by atoms with Crippen molar-refractivity contribution in [3.8, 4) is 66.3 Å². The van der Waals surface area contributed by atoms with Crippen LogP contribution in [0.2, 0.25) is 0 Å². The lowest BCUT2D eigenvalue weighted by atomic mass is 9.94. The van der Waals surface area contributed by atoms with Gasteiger partial charge in [-0.2, -0.15) is 0 Å². The van der Waals surface area contributed by atoms with Gasteiger partial charge in [0.15, 0.2) is 0 Å². The van der Waals surface area contributed by atoms with E-state index in [4.69, 9.17) is 9.97 Å². The van der Waals surface area contributed by atoms with Gasteiger partial charge in [0.05, 0.1) is 15.9 Å². The van der Waals surface area contributed by atoms with Crippen molar-refractivity contribution in [1.82, 2.24) is 9.97 Å². The Kier molecular flexibility index (Phi) is 7.56. The highest BCUT2D eigenvalue weighted by Gasteiger charge is 2.16. The number of thiophene rings is 1. The standard InChI is InChI=1S/C48H30N2S2/c1-3-11-31(12-4-1)33-15-9-17-35(25-33)39-28-41(36-18-10-16-34(26-36)32-13-5-2-6-14-32)47-46(29-39)52-48(50-47)38-21-23-43(49-30-38)37-22-24-45-42(27-37)40-19-7-8-20-44(40)51-45/h1-30H. The summed E-state index contributed by atoms with van der Waals surface area (Å²) in [6.07, 6.45) is 1.98. The molecule has 10 aromatic rings. The number of benzene rings is 7. The molecular weight excluding hydrogens is 669 g/mol. The van der Waals surface area contributed by atoms with Crippen LogP contribution in [0.1, 0.15) is 0 Å². The van der Waals surface area contributed by atoms with Crippen LogP contribution in [0.15, 0.2) is 182 Å². The van der Waals surface area contributed by atoms with E-state index >= 15 is 0 Å². The summed E-state index contributed by atoms with van der Waals surface area (Å²) >= 11 is 3.56. The summed E-state index contributed by atoms with van der Waals surface area (Å²) in [6.45, 7) is 0. The van der Waals surface area contributed by atoms with Gasteiger partial charge >= 0.3 is 0 Å². The number of fused-ring (bicyclic) bond motifs is 4. The molecule has 3 aromatic heterocycles. The Morgan fingerprint density at radius 1 is 0.346 bits per heavy atom. The third-order valence-electron chi connectivity index (χ3n) is 9.76. The molecule has 0 N–H and O–H groups in total. The van der Waals surface area contributed by atoms with Crippen molar-refractivity contribution in [1.29, 1.82) is 0 Å².